The molecule has 0 radical (unpaired) electrons. The number of hydrogen-bond acceptors (Lipinski definition) is 2. The van der Waals surface area contributed by atoms with Crippen LogP contribution in [0.3, 0.4) is 0 Å². The lowest BCUT2D eigenvalue weighted by Gasteiger charge is -2.32. The molecule has 0 unspecified atom stereocenters. The summed E-state index contributed by atoms with van der Waals surface area (Å²) >= 11 is 0. The van der Waals surface area contributed by atoms with Gasteiger partial charge in [0.2, 0.25) is 0 Å². The van der Waals surface area contributed by atoms with Gasteiger partial charge in [-0.05, 0) is 71.0 Å². The molecule has 102 valence electrons. The van der Waals surface area contributed by atoms with Gasteiger partial charge in [0.05, 0.1) is 6.10 Å². The van der Waals surface area contributed by atoms with Crippen molar-refractivity contribution < 1.29 is 4.74 Å². The van der Waals surface area contributed by atoms with Gasteiger partial charge in [0, 0.05) is 6.61 Å². The number of rotatable bonds is 7. The van der Waals surface area contributed by atoms with Crippen molar-refractivity contribution in [3.63, 3.8) is 0 Å². The molecular weight excluding hydrogens is 210 g/mol. The van der Waals surface area contributed by atoms with Crippen molar-refractivity contribution in [3.8, 4) is 0 Å². The van der Waals surface area contributed by atoms with E-state index in [1.54, 1.807) is 0 Å². The standard InChI is InChI=1S/C15H31NO/c1-13(2)6-5-9-16-10-7-15(8-11-16)12-17-14(3)4/h13-15H,5-12H2,1-4H3. The number of piperidine rings is 1. The van der Waals surface area contributed by atoms with E-state index in [0.717, 1.165) is 18.4 Å². The first-order chi connectivity index (χ1) is 8.08. The van der Waals surface area contributed by atoms with E-state index < -0.39 is 0 Å². The van der Waals surface area contributed by atoms with E-state index >= 15 is 0 Å². The van der Waals surface area contributed by atoms with Crippen LogP contribution in [-0.4, -0.2) is 37.2 Å². The summed E-state index contributed by atoms with van der Waals surface area (Å²) in [6.45, 7) is 13.7. The van der Waals surface area contributed by atoms with E-state index in [1.165, 1.54) is 45.3 Å². The maximum absolute atomic E-state index is 5.71. The first-order valence-electron chi connectivity index (χ1n) is 7.42. The van der Waals surface area contributed by atoms with Crippen LogP contribution in [0.1, 0.15) is 53.4 Å². The fourth-order valence-corrected chi connectivity index (χ4v) is 2.43. The molecular formula is C15H31NO. The van der Waals surface area contributed by atoms with Crippen LogP contribution in [-0.2, 0) is 4.74 Å². The Labute approximate surface area is 108 Å². The largest absolute Gasteiger partial charge is 0.379 e. The van der Waals surface area contributed by atoms with Crippen molar-refractivity contribution in [2.45, 2.75) is 59.5 Å². The van der Waals surface area contributed by atoms with Crippen molar-refractivity contribution in [1.29, 1.82) is 0 Å². The zero-order chi connectivity index (χ0) is 12.7. The van der Waals surface area contributed by atoms with Crippen LogP contribution in [0.4, 0.5) is 0 Å². The Morgan fingerprint density at radius 2 is 1.76 bits per heavy atom. The lowest BCUT2D eigenvalue weighted by atomic mass is 9.97. The van der Waals surface area contributed by atoms with Crippen LogP contribution in [0.15, 0.2) is 0 Å². The van der Waals surface area contributed by atoms with E-state index in [-0.39, 0.29) is 0 Å². The third kappa shape index (κ3) is 7.05. The van der Waals surface area contributed by atoms with Crippen LogP contribution in [0.2, 0.25) is 0 Å². The Balaban J connectivity index is 2.05. The number of likely N-dealkylation sites (tertiary alicyclic amines) is 1. The maximum Gasteiger partial charge on any atom is 0.0519 e. The van der Waals surface area contributed by atoms with E-state index in [9.17, 15) is 0 Å². The van der Waals surface area contributed by atoms with Crippen molar-refractivity contribution >= 4 is 0 Å². The van der Waals surface area contributed by atoms with E-state index in [4.69, 9.17) is 4.74 Å². The minimum atomic E-state index is 0.388. The molecule has 2 heteroatoms. The molecule has 0 saturated carbocycles. The first kappa shape index (κ1) is 15.0. The summed E-state index contributed by atoms with van der Waals surface area (Å²) in [7, 11) is 0. The van der Waals surface area contributed by atoms with Gasteiger partial charge in [-0.25, -0.2) is 0 Å². The third-order valence-corrected chi connectivity index (χ3v) is 3.63. The molecule has 0 aromatic carbocycles. The monoisotopic (exact) mass is 241 g/mol. The topological polar surface area (TPSA) is 12.5 Å². The second kappa shape index (κ2) is 8.10. The third-order valence-electron chi connectivity index (χ3n) is 3.63. The smallest absolute Gasteiger partial charge is 0.0519 e. The van der Waals surface area contributed by atoms with Crippen molar-refractivity contribution in [1.82, 2.24) is 4.90 Å². The number of ether oxygens (including phenoxy) is 1. The molecule has 0 aromatic rings. The maximum atomic E-state index is 5.71. The van der Waals surface area contributed by atoms with Crippen LogP contribution >= 0.6 is 0 Å². The summed E-state index contributed by atoms with van der Waals surface area (Å²) in [5.74, 6) is 1.66. The van der Waals surface area contributed by atoms with Gasteiger partial charge in [-0.1, -0.05) is 13.8 Å². The van der Waals surface area contributed by atoms with E-state index in [2.05, 4.69) is 32.6 Å². The fourth-order valence-electron chi connectivity index (χ4n) is 2.43. The molecule has 17 heavy (non-hydrogen) atoms. The molecule has 0 aromatic heterocycles. The summed E-state index contributed by atoms with van der Waals surface area (Å²) in [6.07, 6.45) is 5.78. The van der Waals surface area contributed by atoms with Gasteiger partial charge in [0.1, 0.15) is 0 Å². The minimum absolute atomic E-state index is 0.388. The van der Waals surface area contributed by atoms with Crippen molar-refractivity contribution in [2.75, 3.05) is 26.2 Å². The van der Waals surface area contributed by atoms with Gasteiger partial charge in [-0.3, -0.25) is 0 Å². The Hall–Kier alpha value is -0.0800. The van der Waals surface area contributed by atoms with Crippen LogP contribution < -0.4 is 0 Å². The molecule has 2 nitrogen and oxygen atoms in total. The van der Waals surface area contributed by atoms with Gasteiger partial charge in [0.15, 0.2) is 0 Å². The molecule has 0 N–H and O–H groups in total. The summed E-state index contributed by atoms with van der Waals surface area (Å²) in [6, 6.07) is 0. The molecule has 1 rings (SSSR count). The lowest BCUT2D eigenvalue weighted by molar-refractivity contribution is 0.0303. The second-order valence-electron chi connectivity index (χ2n) is 6.20. The lowest BCUT2D eigenvalue weighted by Crippen LogP contribution is -2.36. The minimum Gasteiger partial charge on any atom is -0.379 e. The molecule has 1 aliphatic heterocycles. The highest BCUT2D eigenvalue weighted by Crippen LogP contribution is 2.18. The van der Waals surface area contributed by atoms with Gasteiger partial charge in [0.25, 0.3) is 0 Å². The summed E-state index contributed by atoms with van der Waals surface area (Å²) in [5.41, 5.74) is 0. The molecule has 1 heterocycles. The second-order valence-corrected chi connectivity index (χ2v) is 6.20. The summed E-state index contributed by atoms with van der Waals surface area (Å²) in [4.78, 5) is 2.63. The Morgan fingerprint density at radius 1 is 1.12 bits per heavy atom. The molecule has 1 fully saturated rings. The van der Waals surface area contributed by atoms with Gasteiger partial charge < -0.3 is 9.64 Å². The van der Waals surface area contributed by atoms with Crippen LogP contribution in [0.25, 0.3) is 0 Å². The molecule has 1 saturated heterocycles. The summed E-state index contributed by atoms with van der Waals surface area (Å²) < 4.78 is 5.71. The SMILES string of the molecule is CC(C)CCCN1CCC(COC(C)C)CC1. The predicted octanol–water partition coefficient (Wildman–Crippen LogP) is 3.56. The Bertz CT molecular complexity index is 183. The highest BCUT2D eigenvalue weighted by atomic mass is 16.5. The predicted molar refractivity (Wildman–Crippen MR) is 74.3 cm³/mol. The molecule has 0 aliphatic carbocycles. The van der Waals surface area contributed by atoms with E-state index in [0.29, 0.717) is 6.10 Å². The van der Waals surface area contributed by atoms with Crippen molar-refractivity contribution in [2.24, 2.45) is 11.8 Å². The number of nitrogens with zero attached hydrogens (tertiary/aromatic N) is 1. The van der Waals surface area contributed by atoms with Gasteiger partial charge in [-0.15, -0.1) is 0 Å². The molecule has 1 aliphatic rings. The van der Waals surface area contributed by atoms with Crippen LogP contribution in [0, 0.1) is 11.8 Å². The first-order valence-corrected chi connectivity index (χ1v) is 7.42. The highest BCUT2D eigenvalue weighted by molar-refractivity contribution is 4.72. The molecule has 0 atom stereocenters. The quantitative estimate of drug-likeness (QED) is 0.676. The summed E-state index contributed by atoms with van der Waals surface area (Å²) in [5, 5.41) is 0. The average Bonchev–Trinajstić information content (AvgIpc) is 2.27. The average molecular weight is 241 g/mol. The van der Waals surface area contributed by atoms with E-state index in [1.807, 2.05) is 0 Å². The van der Waals surface area contributed by atoms with Crippen molar-refractivity contribution in [3.05, 3.63) is 0 Å². The van der Waals surface area contributed by atoms with Gasteiger partial charge >= 0.3 is 0 Å². The fraction of sp³-hybridized carbons (Fsp3) is 1.00. The zero-order valence-corrected chi connectivity index (χ0v) is 12.2. The Morgan fingerprint density at radius 3 is 2.29 bits per heavy atom. The normalized spacial score (nSPS) is 19.4. The molecule has 0 bridgehead atoms. The Kier molecular flexibility index (Phi) is 7.14. The molecule has 0 amide bonds. The highest BCUT2D eigenvalue weighted by Gasteiger charge is 2.19. The van der Waals surface area contributed by atoms with Gasteiger partial charge in [-0.2, -0.15) is 0 Å². The number of hydrogen-bond donors (Lipinski definition) is 0. The zero-order valence-electron chi connectivity index (χ0n) is 12.2. The molecule has 0 spiro atoms. The van der Waals surface area contributed by atoms with Crippen LogP contribution in [0.5, 0.6) is 0 Å².